The minimum Gasteiger partial charge on any atom is -0.324 e. The lowest BCUT2D eigenvalue weighted by Crippen LogP contribution is -2.45. The third kappa shape index (κ3) is 4.64. The molecule has 4 heteroatoms. The van der Waals surface area contributed by atoms with E-state index in [-0.39, 0.29) is 5.54 Å². The zero-order valence-electron chi connectivity index (χ0n) is 9.59. The number of halogens is 1. The molecular weight excluding hydrogens is 272 g/mol. The number of hydrogen-bond donors (Lipinski definition) is 1. The van der Waals surface area contributed by atoms with E-state index in [2.05, 4.69) is 53.2 Å². The smallest absolute Gasteiger partial charge is 0.0701 e. The molecule has 86 valence electrons. The first-order valence-electron chi connectivity index (χ1n) is 5.13. The Balaban J connectivity index is 2.46. The summed E-state index contributed by atoms with van der Waals surface area (Å²) in [4.78, 5) is 2.28. The van der Waals surface area contributed by atoms with Crippen LogP contribution in [0.15, 0.2) is 15.2 Å². The molecule has 0 aliphatic rings. The molecule has 0 aliphatic heterocycles. The van der Waals surface area contributed by atoms with Crippen LogP contribution in [0.5, 0.6) is 0 Å². The molecule has 0 saturated carbocycles. The van der Waals surface area contributed by atoms with Crippen molar-refractivity contribution in [1.82, 2.24) is 4.90 Å². The molecule has 2 N–H and O–H groups in total. The highest BCUT2D eigenvalue weighted by molar-refractivity contribution is 9.11. The van der Waals surface area contributed by atoms with Gasteiger partial charge in [-0.15, -0.1) is 11.3 Å². The van der Waals surface area contributed by atoms with Crippen molar-refractivity contribution in [2.75, 3.05) is 13.6 Å². The second-order valence-corrected chi connectivity index (χ2v) is 6.73. The molecule has 1 rings (SSSR count). The van der Waals surface area contributed by atoms with Crippen molar-refractivity contribution in [3.05, 3.63) is 20.8 Å². The molecule has 0 aromatic carbocycles. The third-order valence-electron chi connectivity index (χ3n) is 2.51. The van der Waals surface area contributed by atoms with Gasteiger partial charge in [0.1, 0.15) is 0 Å². The van der Waals surface area contributed by atoms with Crippen LogP contribution in [-0.2, 0) is 6.54 Å². The van der Waals surface area contributed by atoms with Crippen molar-refractivity contribution < 1.29 is 0 Å². The Bertz CT molecular complexity index is 309. The minimum atomic E-state index is -0.0813. The van der Waals surface area contributed by atoms with E-state index >= 15 is 0 Å². The van der Waals surface area contributed by atoms with Crippen LogP contribution in [0.4, 0.5) is 0 Å². The molecule has 1 aromatic heterocycles. The molecule has 0 fully saturated rings. The van der Waals surface area contributed by atoms with Crippen LogP contribution in [-0.4, -0.2) is 24.0 Å². The lowest BCUT2D eigenvalue weighted by atomic mass is 10.00. The van der Waals surface area contributed by atoms with E-state index in [4.69, 9.17) is 5.73 Å². The predicted molar refractivity (Wildman–Crippen MR) is 71.2 cm³/mol. The van der Waals surface area contributed by atoms with Crippen LogP contribution in [0.1, 0.15) is 25.8 Å². The molecule has 0 amide bonds. The van der Waals surface area contributed by atoms with Gasteiger partial charge < -0.3 is 10.6 Å². The summed E-state index contributed by atoms with van der Waals surface area (Å²) in [5.74, 6) is 0. The number of thiophene rings is 1. The van der Waals surface area contributed by atoms with Crippen molar-refractivity contribution in [2.24, 2.45) is 5.73 Å². The third-order valence-corrected chi connectivity index (χ3v) is 4.07. The maximum absolute atomic E-state index is 6.13. The quantitative estimate of drug-likeness (QED) is 0.903. The summed E-state index contributed by atoms with van der Waals surface area (Å²) >= 11 is 5.20. The topological polar surface area (TPSA) is 29.3 Å². The molecule has 0 bridgehead atoms. The Labute approximate surface area is 105 Å². The molecular formula is C11H19BrN2S. The monoisotopic (exact) mass is 290 g/mol. The van der Waals surface area contributed by atoms with Crippen LogP contribution in [0, 0.1) is 0 Å². The SMILES string of the molecule is CCC(C)(N)CN(C)Cc1csc(Br)c1. The van der Waals surface area contributed by atoms with Crippen LogP contribution in [0.2, 0.25) is 0 Å². The first kappa shape index (κ1) is 13.2. The number of nitrogens with two attached hydrogens (primary N) is 1. The van der Waals surface area contributed by atoms with Gasteiger partial charge in [-0.25, -0.2) is 0 Å². The molecule has 15 heavy (non-hydrogen) atoms. The fourth-order valence-corrected chi connectivity index (χ4v) is 2.73. The predicted octanol–water partition coefficient (Wildman–Crippen LogP) is 3.07. The lowest BCUT2D eigenvalue weighted by molar-refractivity contribution is 0.247. The van der Waals surface area contributed by atoms with E-state index in [9.17, 15) is 0 Å². The van der Waals surface area contributed by atoms with Gasteiger partial charge in [0.15, 0.2) is 0 Å². The van der Waals surface area contributed by atoms with E-state index < -0.39 is 0 Å². The van der Waals surface area contributed by atoms with E-state index in [0.717, 1.165) is 19.5 Å². The maximum atomic E-state index is 6.13. The van der Waals surface area contributed by atoms with Crippen LogP contribution < -0.4 is 5.73 Å². The van der Waals surface area contributed by atoms with E-state index in [0.29, 0.717) is 0 Å². The molecule has 1 atom stereocenters. The van der Waals surface area contributed by atoms with Crippen molar-refractivity contribution in [3.8, 4) is 0 Å². The summed E-state index contributed by atoms with van der Waals surface area (Å²) in [5, 5.41) is 2.18. The van der Waals surface area contributed by atoms with Crippen molar-refractivity contribution in [1.29, 1.82) is 0 Å². The molecule has 0 radical (unpaired) electrons. The lowest BCUT2D eigenvalue weighted by Gasteiger charge is -2.28. The molecule has 0 spiro atoms. The first-order chi connectivity index (χ1) is 6.93. The van der Waals surface area contributed by atoms with Crippen LogP contribution in [0.25, 0.3) is 0 Å². The van der Waals surface area contributed by atoms with Gasteiger partial charge in [-0.05, 0) is 53.3 Å². The van der Waals surface area contributed by atoms with Gasteiger partial charge in [0, 0.05) is 18.6 Å². The maximum Gasteiger partial charge on any atom is 0.0701 e. The summed E-state index contributed by atoms with van der Waals surface area (Å²) < 4.78 is 1.19. The summed E-state index contributed by atoms with van der Waals surface area (Å²) in [6.45, 7) is 6.13. The highest BCUT2D eigenvalue weighted by atomic mass is 79.9. The molecule has 1 heterocycles. The standard InChI is InChI=1S/C11H19BrN2S/c1-4-11(2,13)8-14(3)6-9-5-10(12)15-7-9/h5,7H,4,6,8,13H2,1-3H3. The highest BCUT2D eigenvalue weighted by Crippen LogP contribution is 2.21. The minimum absolute atomic E-state index is 0.0813. The molecule has 1 aromatic rings. The molecule has 2 nitrogen and oxygen atoms in total. The summed E-state index contributed by atoms with van der Waals surface area (Å²) in [6.07, 6.45) is 1.00. The van der Waals surface area contributed by atoms with Gasteiger partial charge in [-0.2, -0.15) is 0 Å². The van der Waals surface area contributed by atoms with Crippen LogP contribution in [0.3, 0.4) is 0 Å². The van der Waals surface area contributed by atoms with Gasteiger partial charge in [-0.1, -0.05) is 6.92 Å². The second kappa shape index (κ2) is 5.43. The summed E-state index contributed by atoms with van der Waals surface area (Å²) in [6, 6.07) is 2.17. The van der Waals surface area contributed by atoms with E-state index in [1.165, 1.54) is 9.35 Å². The number of rotatable bonds is 5. The van der Waals surface area contributed by atoms with Gasteiger partial charge in [-0.3, -0.25) is 0 Å². The normalized spacial score (nSPS) is 15.6. The Morgan fingerprint density at radius 1 is 1.60 bits per heavy atom. The molecule has 0 aliphatic carbocycles. The van der Waals surface area contributed by atoms with Gasteiger partial charge in [0.2, 0.25) is 0 Å². The largest absolute Gasteiger partial charge is 0.324 e. The second-order valence-electron chi connectivity index (χ2n) is 4.44. The Morgan fingerprint density at radius 2 is 2.27 bits per heavy atom. The van der Waals surface area contributed by atoms with E-state index in [1.807, 2.05) is 0 Å². The number of nitrogens with zero attached hydrogens (tertiary/aromatic N) is 1. The van der Waals surface area contributed by atoms with Crippen molar-refractivity contribution in [2.45, 2.75) is 32.4 Å². The fraction of sp³-hybridized carbons (Fsp3) is 0.636. The van der Waals surface area contributed by atoms with E-state index in [1.54, 1.807) is 11.3 Å². The molecule has 0 saturated heterocycles. The van der Waals surface area contributed by atoms with Crippen molar-refractivity contribution in [3.63, 3.8) is 0 Å². The number of likely N-dealkylation sites (N-methyl/N-ethyl adjacent to an activating group) is 1. The summed E-state index contributed by atoms with van der Waals surface area (Å²) in [7, 11) is 2.12. The molecule has 1 unspecified atom stereocenters. The Morgan fingerprint density at radius 3 is 2.73 bits per heavy atom. The Hall–Kier alpha value is 0.100. The summed E-state index contributed by atoms with van der Waals surface area (Å²) in [5.41, 5.74) is 7.39. The fourth-order valence-electron chi connectivity index (χ4n) is 1.52. The average Bonchev–Trinajstić information content (AvgIpc) is 2.50. The van der Waals surface area contributed by atoms with Crippen molar-refractivity contribution >= 4 is 27.3 Å². The van der Waals surface area contributed by atoms with Gasteiger partial charge in [0.05, 0.1) is 3.79 Å². The zero-order valence-corrected chi connectivity index (χ0v) is 12.0. The zero-order chi connectivity index (χ0) is 11.5. The Kier molecular flexibility index (Phi) is 4.77. The number of hydrogen-bond acceptors (Lipinski definition) is 3. The average molecular weight is 291 g/mol. The first-order valence-corrected chi connectivity index (χ1v) is 6.80. The van der Waals surface area contributed by atoms with Crippen LogP contribution >= 0.6 is 27.3 Å². The van der Waals surface area contributed by atoms with Gasteiger partial charge >= 0.3 is 0 Å². The van der Waals surface area contributed by atoms with Gasteiger partial charge in [0.25, 0.3) is 0 Å². The highest BCUT2D eigenvalue weighted by Gasteiger charge is 2.18.